The van der Waals surface area contributed by atoms with Crippen molar-refractivity contribution in [3.8, 4) is 5.75 Å². The third kappa shape index (κ3) is 3.09. The summed E-state index contributed by atoms with van der Waals surface area (Å²) in [6, 6.07) is 8.51. The highest BCUT2D eigenvalue weighted by molar-refractivity contribution is 5.79. The first-order valence-corrected chi connectivity index (χ1v) is 6.99. The summed E-state index contributed by atoms with van der Waals surface area (Å²) in [5, 5.41) is 3.09. The molecule has 0 radical (unpaired) electrons. The number of carbonyl (C=O) groups is 1. The topological polar surface area (TPSA) is 38.3 Å². The summed E-state index contributed by atoms with van der Waals surface area (Å²) in [6.45, 7) is 4.37. The highest BCUT2D eigenvalue weighted by Gasteiger charge is 2.41. The lowest BCUT2D eigenvalue weighted by Crippen LogP contribution is -2.34. The lowest BCUT2D eigenvalue weighted by Gasteiger charge is -2.29. The number of benzene rings is 1. The van der Waals surface area contributed by atoms with E-state index in [1.54, 1.807) is 7.11 Å². The number of nitrogens with one attached hydrogen (secondary N) is 1. The van der Waals surface area contributed by atoms with Crippen LogP contribution in [0.3, 0.4) is 0 Å². The Bertz CT molecular complexity index is 441. The van der Waals surface area contributed by atoms with Gasteiger partial charge in [-0.3, -0.25) is 4.79 Å². The van der Waals surface area contributed by atoms with Crippen molar-refractivity contribution >= 4 is 5.91 Å². The maximum atomic E-state index is 11.6. The minimum absolute atomic E-state index is 0.0890. The summed E-state index contributed by atoms with van der Waals surface area (Å²) >= 11 is 0. The Balaban J connectivity index is 1.98. The predicted molar refractivity (Wildman–Crippen MR) is 76.3 cm³/mol. The van der Waals surface area contributed by atoms with Crippen molar-refractivity contribution in [3.05, 3.63) is 29.8 Å². The van der Waals surface area contributed by atoms with E-state index in [-0.39, 0.29) is 11.3 Å². The Labute approximate surface area is 115 Å². The van der Waals surface area contributed by atoms with E-state index in [0.29, 0.717) is 12.5 Å². The number of hydrogen-bond donors (Lipinski definition) is 1. The van der Waals surface area contributed by atoms with Crippen LogP contribution >= 0.6 is 0 Å². The third-order valence-corrected chi connectivity index (χ3v) is 4.29. The van der Waals surface area contributed by atoms with Crippen LogP contribution in [-0.4, -0.2) is 19.1 Å². The Hall–Kier alpha value is -1.51. The molecule has 104 valence electrons. The summed E-state index contributed by atoms with van der Waals surface area (Å²) < 4.78 is 5.16. The maximum absolute atomic E-state index is 11.6. The first-order valence-electron chi connectivity index (χ1n) is 6.99. The molecule has 0 saturated carbocycles. The van der Waals surface area contributed by atoms with Crippen LogP contribution in [-0.2, 0) is 11.2 Å². The second-order valence-corrected chi connectivity index (χ2v) is 5.71. The van der Waals surface area contributed by atoms with Crippen molar-refractivity contribution in [2.75, 3.05) is 7.11 Å². The van der Waals surface area contributed by atoms with Crippen LogP contribution in [0.15, 0.2) is 24.3 Å². The molecule has 2 rings (SSSR count). The zero-order valence-corrected chi connectivity index (χ0v) is 12.0. The molecule has 1 saturated heterocycles. The van der Waals surface area contributed by atoms with Crippen molar-refractivity contribution < 1.29 is 9.53 Å². The van der Waals surface area contributed by atoms with Gasteiger partial charge in [-0.1, -0.05) is 26.0 Å². The molecule has 0 aliphatic carbocycles. The molecule has 1 aromatic carbocycles. The fraction of sp³-hybridized carbons (Fsp3) is 0.562. The van der Waals surface area contributed by atoms with Gasteiger partial charge in [-0.15, -0.1) is 0 Å². The summed E-state index contributed by atoms with van der Waals surface area (Å²) in [6.07, 6.45) is 3.70. The van der Waals surface area contributed by atoms with E-state index in [4.69, 9.17) is 4.74 Å². The van der Waals surface area contributed by atoms with Crippen molar-refractivity contribution in [3.63, 3.8) is 0 Å². The molecule has 2 atom stereocenters. The second-order valence-electron chi connectivity index (χ2n) is 5.71. The Morgan fingerprint density at radius 2 is 2.05 bits per heavy atom. The number of carbonyl (C=O) groups excluding carboxylic acids is 1. The van der Waals surface area contributed by atoms with Crippen molar-refractivity contribution in [1.82, 2.24) is 5.32 Å². The molecule has 0 aromatic heterocycles. The van der Waals surface area contributed by atoms with Gasteiger partial charge in [0.1, 0.15) is 5.75 Å². The molecule has 1 aromatic rings. The molecule has 1 heterocycles. The van der Waals surface area contributed by atoms with Gasteiger partial charge in [0.2, 0.25) is 5.91 Å². The quantitative estimate of drug-likeness (QED) is 0.885. The van der Waals surface area contributed by atoms with Crippen LogP contribution in [0.5, 0.6) is 5.75 Å². The lowest BCUT2D eigenvalue weighted by atomic mass is 9.76. The van der Waals surface area contributed by atoms with E-state index in [9.17, 15) is 4.79 Å². The van der Waals surface area contributed by atoms with Crippen LogP contribution in [0.4, 0.5) is 0 Å². The van der Waals surface area contributed by atoms with Gasteiger partial charge in [0.05, 0.1) is 7.11 Å². The average molecular weight is 261 g/mol. The predicted octanol–water partition coefficient (Wildman–Crippen LogP) is 2.93. The minimum atomic E-state index is 0.0890. The van der Waals surface area contributed by atoms with E-state index in [1.165, 1.54) is 5.56 Å². The Morgan fingerprint density at radius 1 is 1.37 bits per heavy atom. The standard InChI is InChI=1S/C16H23NO2/c1-4-14-16(2,11-15(18)17-14)10-9-12-5-7-13(19-3)8-6-12/h5-8,14H,4,9-11H2,1-3H3,(H,17,18). The van der Waals surface area contributed by atoms with Gasteiger partial charge in [0.15, 0.2) is 0 Å². The van der Waals surface area contributed by atoms with E-state index in [0.717, 1.165) is 25.0 Å². The van der Waals surface area contributed by atoms with E-state index < -0.39 is 0 Å². The average Bonchev–Trinajstić information content (AvgIpc) is 2.72. The van der Waals surface area contributed by atoms with E-state index in [1.807, 2.05) is 12.1 Å². The molecule has 1 fully saturated rings. The van der Waals surface area contributed by atoms with Crippen LogP contribution in [0.25, 0.3) is 0 Å². The molecule has 0 spiro atoms. The molecular formula is C16H23NO2. The molecule has 3 heteroatoms. The molecule has 2 unspecified atom stereocenters. The first kappa shape index (κ1) is 13.9. The summed E-state index contributed by atoms with van der Waals surface area (Å²) in [5.41, 5.74) is 1.39. The molecule has 3 nitrogen and oxygen atoms in total. The first-order chi connectivity index (χ1) is 9.07. The Kier molecular flexibility index (Phi) is 4.13. The van der Waals surface area contributed by atoms with Gasteiger partial charge >= 0.3 is 0 Å². The number of methoxy groups -OCH3 is 1. The van der Waals surface area contributed by atoms with Crippen LogP contribution in [0.2, 0.25) is 0 Å². The largest absolute Gasteiger partial charge is 0.497 e. The molecule has 0 bridgehead atoms. The normalized spacial score (nSPS) is 26.3. The zero-order chi connectivity index (χ0) is 13.9. The van der Waals surface area contributed by atoms with Crippen molar-refractivity contribution in [2.45, 2.75) is 45.6 Å². The monoisotopic (exact) mass is 261 g/mol. The van der Waals surface area contributed by atoms with Gasteiger partial charge in [-0.05, 0) is 42.4 Å². The highest BCUT2D eigenvalue weighted by atomic mass is 16.5. The van der Waals surface area contributed by atoms with Crippen LogP contribution in [0, 0.1) is 5.41 Å². The summed E-state index contributed by atoms with van der Waals surface area (Å²) in [7, 11) is 1.68. The van der Waals surface area contributed by atoms with E-state index in [2.05, 4.69) is 31.3 Å². The van der Waals surface area contributed by atoms with Crippen LogP contribution < -0.4 is 10.1 Å². The number of aryl methyl sites for hydroxylation is 1. The SMILES string of the molecule is CCC1NC(=O)CC1(C)CCc1ccc(OC)cc1. The van der Waals surface area contributed by atoms with Crippen molar-refractivity contribution in [1.29, 1.82) is 0 Å². The maximum Gasteiger partial charge on any atom is 0.220 e. The summed E-state index contributed by atoms with van der Waals surface area (Å²) in [5.74, 6) is 1.09. The third-order valence-electron chi connectivity index (χ3n) is 4.29. The second kappa shape index (κ2) is 5.64. The molecule has 1 N–H and O–H groups in total. The van der Waals surface area contributed by atoms with Crippen molar-refractivity contribution in [2.24, 2.45) is 5.41 Å². The number of hydrogen-bond acceptors (Lipinski definition) is 2. The summed E-state index contributed by atoms with van der Waals surface area (Å²) in [4.78, 5) is 11.6. The van der Waals surface area contributed by atoms with Gasteiger partial charge in [-0.25, -0.2) is 0 Å². The Morgan fingerprint density at radius 3 is 2.63 bits per heavy atom. The molecule has 1 aliphatic heterocycles. The molecule has 1 aliphatic rings. The van der Waals surface area contributed by atoms with Gasteiger partial charge in [-0.2, -0.15) is 0 Å². The van der Waals surface area contributed by atoms with Crippen LogP contribution in [0.1, 0.15) is 38.7 Å². The lowest BCUT2D eigenvalue weighted by molar-refractivity contribution is -0.119. The molecule has 19 heavy (non-hydrogen) atoms. The molecular weight excluding hydrogens is 238 g/mol. The zero-order valence-electron chi connectivity index (χ0n) is 12.0. The minimum Gasteiger partial charge on any atom is -0.497 e. The van der Waals surface area contributed by atoms with Gasteiger partial charge in [0.25, 0.3) is 0 Å². The van der Waals surface area contributed by atoms with E-state index >= 15 is 0 Å². The highest BCUT2D eigenvalue weighted by Crippen LogP contribution is 2.37. The van der Waals surface area contributed by atoms with Gasteiger partial charge < -0.3 is 10.1 Å². The fourth-order valence-corrected chi connectivity index (χ4v) is 2.99. The number of rotatable bonds is 5. The van der Waals surface area contributed by atoms with Gasteiger partial charge in [0, 0.05) is 12.5 Å². The number of ether oxygens (including phenoxy) is 1. The number of amides is 1. The molecule has 1 amide bonds. The fourth-order valence-electron chi connectivity index (χ4n) is 2.99. The smallest absolute Gasteiger partial charge is 0.220 e.